The van der Waals surface area contributed by atoms with Crippen LogP contribution in [0.1, 0.15) is 0 Å². The molecule has 136 valence electrons. The van der Waals surface area contributed by atoms with Gasteiger partial charge in [0.15, 0.2) is 0 Å². The number of rotatable bonds is 4. The number of ether oxygens (including phenoxy) is 2. The van der Waals surface area contributed by atoms with Crippen LogP contribution in [0.3, 0.4) is 0 Å². The van der Waals surface area contributed by atoms with Crippen LogP contribution in [0.4, 0.5) is 13.2 Å². The molecule has 0 saturated heterocycles. The fourth-order valence-corrected chi connectivity index (χ4v) is 2.45. The fourth-order valence-electron chi connectivity index (χ4n) is 2.45. The van der Waals surface area contributed by atoms with Crippen molar-refractivity contribution in [2.24, 2.45) is 0 Å². The van der Waals surface area contributed by atoms with E-state index in [1.54, 1.807) is 18.6 Å². The molecule has 3 aromatic heterocycles. The van der Waals surface area contributed by atoms with Gasteiger partial charge < -0.3 is 13.9 Å². The van der Waals surface area contributed by atoms with Crippen LogP contribution in [0, 0.1) is 0 Å². The lowest BCUT2D eigenvalue weighted by Gasteiger charge is -2.10. The van der Waals surface area contributed by atoms with Gasteiger partial charge in [-0.1, -0.05) is 6.07 Å². The summed E-state index contributed by atoms with van der Waals surface area (Å²) in [6.45, 7) is 0. The van der Waals surface area contributed by atoms with Gasteiger partial charge in [0.1, 0.15) is 17.1 Å². The minimum atomic E-state index is -4.77. The summed E-state index contributed by atoms with van der Waals surface area (Å²) in [5.41, 5.74) is 2.46. The molecule has 0 N–H and O–H groups in total. The van der Waals surface area contributed by atoms with E-state index in [1.165, 1.54) is 18.2 Å². The maximum absolute atomic E-state index is 12.3. The molecule has 0 bridgehead atoms. The average molecular weight is 372 g/mol. The van der Waals surface area contributed by atoms with E-state index in [9.17, 15) is 13.2 Å². The van der Waals surface area contributed by atoms with E-state index in [4.69, 9.17) is 4.74 Å². The van der Waals surface area contributed by atoms with E-state index in [2.05, 4.69) is 19.7 Å². The van der Waals surface area contributed by atoms with Crippen molar-refractivity contribution in [2.45, 2.75) is 6.36 Å². The van der Waals surface area contributed by atoms with Crippen molar-refractivity contribution in [1.82, 2.24) is 19.4 Å². The average Bonchev–Trinajstić information content (AvgIpc) is 3.09. The second-order valence-corrected chi connectivity index (χ2v) is 5.49. The quantitative estimate of drug-likeness (QED) is 0.529. The molecule has 0 fully saturated rings. The highest BCUT2D eigenvalue weighted by Gasteiger charge is 2.31. The van der Waals surface area contributed by atoms with Crippen molar-refractivity contribution in [2.75, 3.05) is 0 Å². The van der Waals surface area contributed by atoms with E-state index in [0.717, 1.165) is 22.8 Å². The Labute approximate surface area is 150 Å². The van der Waals surface area contributed by atoms with Gasteiger partial charge in [-0.05, 0) is 24.3 Å². The first kappa shape index (κ1) is 16.8. The Bertz CT molecular complexity index is 1080. The van der Waals surface area contributed by atoms with E-state index >= 15 is 0 Å². The highest BCUT2D eigenvalue weighted by molar-refractivity contribution is 5.63. The smallest absolute Gasteiger partial charge is 0.424 e. The summed E-state index contributed by atoms with van der Waals surface area (Å²) in [4.78, 5) is 12.4. The number of aromatic nitrogens is 4. The first-order valence-corrected chi connectivity index (χ1v) is 7.75. The molecule has 0 amide bonds. The normalized spacial score (nSPS) is 11.5. The molecule has 0 aliphatic rings. The molecule has 9 heteroatoms. The zero-order chi connectivity index (χ0) is 18.9. The number of pyridine rings is 1. The first-order valence-electron chi connectivity index (χ1n) is 7.75. The van der Waals surface area contributed by atoms with E-state index in [-0.39, 0.29) is 17.5 Å². The number of hydrogen-bond donors (Lipinski definition) is 0. The summed E-state index contributed by atoms with van der Waals surface area (Å²) in [6.07, 6.45) is 3.77. The van der Waals surface area contributed by atoms with E-state index in [0.29, 0.717) is 0 Å². The van der Waals surface area contributed by atoms with Crippen LogP contribution in [-0.2, 0) is 0 Å². The lowest BCUT2D eigenvalue weighted by Crippen LogP contribution is -2.17. The highest BCUT2D eigenvalue weighted by Crippen LogP contribution is 2.28. The van der Waals surface area contributed by atoms with E-state index < -0.39 is 6.36 Å². The molecule has 4 aromatic rings. The van der Waals surface area contributed by atoms with Crippen LogP contribution >= 0.6 is 0 Å². The number of halogens is 3. The maximum Gasteiger partial charge on any atom is 0.573 e. The molecular formula is C18H11F3N4O2. The summed E-state index contributed by atoms with van der Waals surface area (Å²) in [6, 6.07) is 8.91. The Morgan fingerprint density at radius 3 is 2.44 bits per heavy atom. The first-order chi connectivity index (χ1) is 13.0. The van der Waals surface area contributed by atoms with Crippen LogP contribution in [0.5, 0.6) is 17.5 Å². The molecule has 27 heavy (non-hydrogen) atoms. The van der Waals surface area contributed by atoms with Gasteiger partial charge >= 0.3 is 12.4 Å². The predicted molar refractivity (Wildman–Crippen MR) is 89.4 cm³/mol. The van der Waals surface area contributed by atoms with Gasteiger partial charge in [-0.15, -0.1) is 13.2 Å². The van der Waals surface area contributed by atoms with Gasteiger partial charge in [-0.25, -0.2) is 15.0 Å². The van der Waals surface area contributed by atoms with Crippen LogP contribution in [-0.4, -0.2) is 25.7 Å². The van der Waals surface area contributed by atoms with Crippen molar-refractivity contribution in [3.8, 4) is 28.6 Å². The third-order valence-corrected chi connectivity index (χ3v) is 3.60. The van der Waals surface area contributed by atoms with E-state index in [1.807, 2.05) is 28.9 Å². The Kier molecular flexibility index (Phi) is 4.11. The molecule has 1 aromatic carbocycles. The summed E-state index contributed by atoms with van der Waals surface area (Å²) < 4.78 is 48.0. The SMILES string of the molecule is FC(F)(F)Oc1cccc(Oc2ncc(-c3ccc4nccn4c3)cn2)c1. The second kappa shape index (κ2) is 6.60. The molecule has 4 rings (SSSR count). The number of imidazole rings is 1. The third-order valence-electron chi connectivity index (χ3n) is 3.60. The maximum atomic E-state index is 12.3. The summed E-state index contributed by atoms with van der Waals surface area (Å²) in [5.74, 6) is -0.255. The Morgan fingerprint density at radius 2 is 1.67 bits per heavy atom. The molecule has 0 aliphatic heterocycles. The van der Waals surface area contributed by atoms with Crippen molar-refractivity contribution in [1.29, 1.82) is 0 Å². The highest BCUT2D eigenvalue weighted by atomic mass is 19.4. The summed E-state index contributed by atoms with van der Waals surface area (Å²) in [5, 5.41) is 0. The summed E-state index contributed by atoms with van der Waals surface area (Å²) in [7, 11) is 0. The molecule has 0 saturated carbocycles. The zero-order valence-corrected chi connectivity index (χ0v) is 13.6. The number of hydrogen-bond acceptors (Lipinski definition) is 5. The number of nitrogens with zero attached hydrogens (tertiary/aromatic N) is 4. The van der Waals surface area contributed by atoms with Gasteiger partial charge in [-0.2, -0.15) is 0 Å². The van der Waals surface area contributed by atoms with Gasteiger partial charge in [0, 0.05) is 48.2 Å². The minimum absolute atomic E-state index is 0.00613. The van der Waals surface area contributed by atoms with Gasteiger partial charge in [-0.3, -0.25) is 0 Å². The Hall–Kier alpha value is -3.62. The van der Waals surface area contributed by atoms with Gasteiger partial charge in [0.2, 0.25) is 0 Å². The largest absolute Gasteiger partial charge is 0.573 e. The van der Waals surface area contributed by atoms with Crippen molar-refractivity contribution < 1.29 is 22.6 Å². The Balaban J connectivity index is 1.51. The molecule has 3 heterocycles. The molecule has 0 unspecified atom stereocenters. The second-order valence-electron chi connectivity index (χ2n) is 5.49. The number of alkyl halides is 3. The molecule has 0 atom stereocenters. The van der Waals surface area contributed by atoms with Crippen molar-refractivity contribution >= 4 is 5.65 Å². The van der Waals surface area contributed by atoms with Crippen LogP contribution in [0.15, 0.2) is 67.4 Å². The predicted octanol–water partition coefficient (Wildman–Crippen LogP) is 4.48. The standard InChI is InChI=1S/C18H11F3N4O2/c19-18(20,21)27-15-3-1-2-14(8-15)26-17-23-9-13(10-24-17)12-4-5-16-22-6-7-25(16)11-12/h1-11H. The summed E-state index contributed by atoms with van der Waals surface area (Å²) >= 11 is 0. The molecule has 6 nitrogen and oxygen atoms in total. The zero-order valence-electron chi connectivity index (χ0n) is 13.6. The molecule has 0 aliphatic carbocycles. The Morgan fingerprint density at radius 1 is 0.889 bits per heavy atom. The van der Waals surface area contributed by atoms with Crippen molar-refractivity contribution in [3.05, 3.63) is 67.4 Å². The number of benzene rings is 1. The number of fused-ring (bicyclic) bond motifs is 1. The van der Waals surface area contributed by atoms with Crippen LogP contribution in [0.2, 0.25) is 0 Å². The van der Waals surface area contributed by atoms with Gasteiger partial charge in [0.25, 0.3) is 0 Å². The van der Waals surface area contributed by atoms with Crippen molar-refractivity contribution in [3.63, 3.8) is 0 Å². The molecule has 0 radical (unpaired) electrons. The minimum Gasteiger partial charge on any atom is -0.424 e. The topological polar surface area (TPSA) is 61.5 Å². The monoisotopic (exact) mass is 372 g/mol. The van der Waals surface area contributed by atoms with Crippen LogP contribution < -0.4 is 9.47 Å². The molecular weight excluding hydrogens is 361 g/mol. The lowest BCUT2D eigenvalue weighted by atomic mass is 10.1. The fraction of sp³-hybridized carbons (Fsp3) is 0.0556. The van der Waals surface area contributed by atoms with Gasteiger partial charge in [0.05, 0.1) is 0 Å². The molecule has 0 spiro atoms. The lowest BCUT2D eigenvalue weighted by molar-refractivity contribution is -0.274. The third kappa shape index (κ3) is 3.97. The van der Waals surface area contributed by atoms with Crippen LogP contribution in [0.25, 0.3) is 16.8 Å².